The van der Waals surface area contributed by atoms with Crippen LogP contribution in [-0.4, -0.2) is 10.9 Å². The first-order valence-electron chi connectivity index (χ1n) is 7.91. The zero-order valence-corrected chi connectivity index (χ0v) is 13.1. The summed E-state index contributed by atoms with van der Waals surface area (Å²) in [5, 5.41) is 27.0. The van der Waals surface area contributed by atoms with Gasteiger partial charge in [0.2, 0.25) is 0 Å². The van der Waals surface area contributed by atoms with Crippen LogP contribution in [0, 0.1) is 22.7 Å². The predicted octanol–water partition coefficient (Wildman–Crippen LogP) is 3.23. The molecule has 0 aliphatic heterocycles. The lowest BCUT2D eigenvalue weighted by atomic mass is 10.0. The first-order valence-corrected chi connectivity index (χ1v) is 7.91. The predicted molar refractivity (Wildman–Crippen MR) is 88.2 cm³/mol. The summed E-state index contributed by atoms with van der Waals surface area (Å²) >= 11 is 0. The zero-order valence-electron chi connectivity index (χ0n) is 13.1. The summed E-state index contributed by atoms with van der Waals surface area (Å²) in [7, 11) is 0. The average molecular weight is 316 g/mol. The number of aliphatic hydroxyl groups excluding tert-OH is 1. The number of benzene rings is 2. The van der Waals surface area contributed by atoms with Gasteiger partial charge in [-0.25, -0.2) is 0 Å². The Balaban J connectivity index is 0.000000141. The van der Waals surface area contributed by atoms with E-state index in [4.69, 9.17) is 10.5 Å². The van der Waals surface area contributed by atoms with E-state index in [1.54, 1.807) is 24.3 Å². The van der Waals surface area contributed by atoms with E-state index in [-0.39, 0.29) is 11.9 Å². The first-order chi connectivity index (χ1) is 11.7. The van der Waals surface area contributed by atoms with Gasteiger partial charge in [0.05, 0.1) is 29.4 Å². The van der Waals surface area contributed by atoms with Crippen molar-refractivity contribution < 1.29 is 9.90 Å². The van der Waals surface area contributed by atoms with E-state index in [9.17, 15) is 9.90 Å². The van der Waals surface area contributed by atoms with E-state index >= 15 is 0 Å². The minimum atomic E-state index is -0.353. The number of carbonyl (C=O) groups is 1. The standard InChI is InChI=1S/C10H9NO.C10H7NO/c2*11-6-7-2-1-3-9-8(7)4-5-10(9)12/h1-3,10,12H,4-5H2;1-3H,4-5H2/t10-;/m0./s1. The number of aliphatic hydroxyl groups is 1. The van der Waals surface area contributed by atoms with Gasteiger partial charge < -0.3 is 5.11 Å². The highest BCUT2D eigenvalue weighted by molar-refractivity contribution is 6.01. The van der Waals surface area contributed by atoms with E-state index in [1.807, 2.05) is 12.1 Å². The Bertz CT molecular complexity index is 887. The van der Waals surface area contributed by atoms with Crippen LogP contribution in [0.3, 0.4) is 0 Å². The highest BCUT2D eigenvalue weighted by Crippen LogP contribution is 2.32. The molecule has 0 aromatic heterocycles. The van der Waals surface area contributed by atoms with Crippen molar-refractivity contribution in [2.75, 3.05) is 0 Å². The van der Waals surface area contributed by atoms with Crippen molar-refractivity contribution in [1.29, 1.82) is 10.5 Å². The molecule has 2 aromatic rings. The molecule has 2 aliphatic rings. The van der Waals surface area contributed by atoms with Crippen molar-refractivity contribution in [3.63, 3.8) is 0 Å². The first kappa shape index (κ1) is 15.9. The molecule has 0 heterocycles. The van der Waals surface area contributed by atoms with Gasteiger partial charge in [-0.1, -0.05) is 24.3 Å². The molecule has 0 saturated carbocycles. The van der Waals surface area contributed by atoms with E-state index in [0.29, 0.717) is 17.5 Å². The largest absolute Gasteiger partial charge is 0.388 e. The molecule has 0 spiro atoms. The molecule has 2 aromatic carbocycles. The maximum Gasteiger partial charge on any atom is 0.163 e. The zero-order chi connectivity index (χ0) is 17.1. The molecule has 118 valence electrons. The summed E-state index contributed by atoms with van der Waals surface area (Å²) in [5.74, 6) is 0.169. The number of fused-ring (bicyclic) bond motifs is 2. The van der Waals surface area contributed by atoms with Gasteiger partial charge in [0.25, 0.3) is 0 Å². The minimum absolute atomic E-state index is 0.169. The Morgan fingerprint density at radius 2 is 1.58 bits per heavy atom. The van der Waals surface area contributed by atoms with E-state index < -0.39 is 0 Å². The molecule has 2 aliphatic carbocycles. The summed E-state index contributed by atoms with van der Waals surface area (Å²) in [6, 6.07) is 15.1. The highest BCUT2D eigenvalue weighted by atomic mass is 16.3. The van der Waals surface area contributed by atoms with Gasteiger partial charge in [-0.05, 0) is 48.1 Å². The molecule has 0 saturated heterocycles. The summed E-state index contributed by atoms with van der Waals surface area (Å²) < 4.78 is 0. The number of nitrogens with zero attached hydrogens (tertiary/aromatic N) is 2. The number of nitriles is 2. The molecule has 0 bridgehead atoms. The van der Waals surface area contributed by atoms with Crippen LogP contribution in [0.25, 0.3) is 0 Å². The minimum Gasteiger partial charge on any atom is -0.388 e. The Kier molecular flexibility index (Phi) is 4.42. The van der Waals surface area contributed by atoms with Crippen LogP contribution in [0.15, 0.2) is 36.4 Å². The van der Waals surface area contributed by atoms with E-state index in [2.05, 4.69) is 12.1 Å². The van der Waals surface area contributed by atoms with E-state index in [1.165, 1.54) is 0 Å². The second-order valence-corrected chi connectivity index (χ2v) is 5.91. The fourth-order valence-corrected chi connectivity index (χ4v) is 3.33. The molecular formula is C20H16N2O2. The van der Waals surface area contributed by atoms with Gasteiger partial charge in [0.15, 0.2) is 5.78 Å². The smallest absolute Gasteiger partial charge is 0.163 e. The molecule has 1 N–H and O–H groups in total. The van der Waals surface area contributed by atoms with Crippen LogP contribution in [0.2, 0.25) is 0 Å². The lowest BCUT2D eigenvalue weighted by molar-refractivity contribution is 0.0994. The van der Waals surface area contributed by atoms with Crippen molar-refractivity contribution in [2.45, 2.75) is 31.8 Å². The Morgan fingerprint density at radius 3 is 2.29 bits per heavy atom. The van der Waals surface area contributed by atoms with Gasteiger partial charge in [-0.15, -0.1) is 0 Å². The molecule has 0 unspecified atom stereocenters. The van der Waals surface area contributed by atoms with Crippen molar-refractivity contribution >= 4 is 5.78 Å². The van der Waals surface area contributed by atoms with Crippen LogP contribution in [0.5, 0.6) is 0 Å². The molecule has 0 fully saturated rings. The van der Waals surface area contributed by atoms with Crippen LogP contribution < -0.4 is 0 Å². The van der Waals surface area contributed by atoms with Gasteiger partial charge in [-0.2, -0.15) is 10.5 Å². The Labute approximate surface area is 140 Å². The Hall–Kier alpha value is -2.95. The van der Waals surface area contributed by atoms with Crippen LogP contribution >= 0.6 is 0 Å². The maximum absolute atomic E-state index is 11.2. The molecule has 0 amide bonds. The second-order valence-electron chi connectivity index (χ2n) is 5.91. The molecule has 4 heteroatoms. The topological polar surface area (TPSA) is 84.9 Å². The van der Waals surface area contributed by atoms with Gasteiger partial charge in [0, 0.05) is 12.0 Å². The highest BCUT2D eigenvalue weighted by Gasteiger charge is 2.22. The number of carbonyl (C=O) groups excluding carboxylic acids is 1. The van der Waals surface area contributed by atoms with Crippen LogP contribution in [-0.2, 0) is 12.8 Å². The second kappa shape index (κ2) is 6.66. The van der Waals surface area contributed by atoms with Crippen molar-refractivity contribution in [2.24, 2.45) is 0 Å². The molecule has 24 heavy (non-hydrogen) atoms. The summed E-state index contributed by atoms with van der Waals surface area (Å²) in [5.41, 5.74) is 5.02. The average Bonchev–Trinajstić information content (AvgIpc) is 3.19. The molecule has 4 rings (SSSR count). The number of ketones is 1. The maximum atomic E-state index is 11.2. The number of rotatable bonds is 0. The molecule has 0 radical (unpaired) electrons. The lowest BCUT2D eigenvalue weighted by Gasteiger charge is -2.02. The van der Waals surface area contributed by atoms with Gasteiger partial charge >= 0.3 is 0 Å². The molecule has 4 nitrogen and oxygen atoms in total. The van der Waals surface area contributed by atoms with Crippen molar-refractivity contribution in [3.8, 4) is 12.1 Å². The summed E-state index contributed by atoms with van der Waals surface area (Å²) in [6.45, 7) is 0. The number of hydrogen-bond acceptors (Lipinski definition) is 4. The summed E-state index contributed by atoms with van der Waals surface area (Å²) in [6.07, 6.45) is 2.54. The number of hydrogen-bond donors (Lipinski definition) is 1. The monoisotopic (exact) mass is 316 g/mol. The third-order valence-corrected chi connectivity index (χ3v) is 4.56. The summed E-state index contributed by atoms with van der Waals surface area (Å²) in [4.78, 5) is 11.2. The normalized spacial score (nSPS) is 17.1. The van der Waals surface area contributed by atoms with Gasteiger partial charge in [0.1, 0.15) is 0 Å². The lowest BCUT2D eigenvalue weighted by Crippen LogP contribution is -1.91. The fraction of sp³-hybridized carbons (Fsp3) is 0.250. The third kappa shape index (κ3) is 2.80. The van der Waals surface area contributed by atoms with Crippen LogP contribution in [0.4, 0.5) is 0 Å². The SMILES string of the molecule is N#Cc1cccc2c1CCC2=O.N#Cc1cccc2c1CC[C@@H]2O. The van der Waals surface area contributed by atoms with Gasteiger partial charge in [-0.3, -0.25) is 4.79 Å². The number of Topliss-reactive ketones (excluding diaryl/α,β-unsaturated/α-hetero) is 1. The van der Waals surface area contributed by atoms with Crippen molar-refractivity contribution in [3.05, 3.63) is 69.8 Å². The Morgan fingerprint density at radius 1 is 0.917 bits per heavy atom. The third-order valence-electron chi connectivity index (χ3n) is 4.56. The molecular weight excluding hydrogens is 300 g/mol. The fourth-order valence-electron chi connectivity index (χ4n) is 3.33. The quantitative estimate of drug-likeness (QED) is 0.808. The van der Waals surface area contributed by atoms with Crippen molar-refractivity contribution in [1.82, 2.24) is 0 Å². The molecule has 1 atom stereocenters. The van der Waals surface area contributed by atoms with E-state index in [0.717, 1.165) is 41.5 Å². The van der Waals surface area contributed by atoms with Crippen LogP contribution in [0.1, 0.15) is 57.1 Å².